The summed E-state index contributed by atoms with van der Waals surface area (Å²) in [4.78, 5) is 12.1. The van der Waals surface area contributed by atoms with Gasteiger partial charge in [0.2, 0.25) is 0 Å². The topological polar surface area (TPSA) is 49.3 Å². The Morgan fingerprint density at radius 2 is 1.53 bits per heavy atom. The predicted octanol–water partition coefficient (Wildman–Crippen LogP) is 2.54. The van der Waals surface area contributed by atoms with Crippen LogP contribution in [0.4, 0.5) is 0 Å². The third kappa shape index (κ3) is 3.42. The molecule has 0 unspecified atom stereocenters. The van der Waals surface area contributed by atoms with Crippen molar-refractivity contribution in [3.8, 4) is 0 Å². The lowest BCUT2D eigenvalue weighted by atomic mass is 10.0. The van der Waals surface area contributed by atoms with Gasteiger partial charge < -0.3 is 10.4 Å². The maximum Gasteiger partial charge on any atom is 0.251 e. The predicted molar refractivity (Wildman–Crippen MR) is 74.8 cm³/mol. The van der Waals surface area contributed by atoms with E-state index < -0.39 is 12.1 Å². The maximum atomic E-state index is 12.1. The second-order valence-corrected chi connectivity index (χ2v) is 4.47. The van der Waals surface area contributed by atoms with E-state index in [1.807, 2.05) is 48.5 Å². The summed E-state index contributed by atoms with van der Waals surface area (Å²) in [6.07, 6.45) is -0.657. The first-order chi connectivity index (χ1) is 9.18. The van der Waals surface area contributed by atoms with Gasteiger partial charge in [-0.1, -0.05) is 48.5 Å². The van der Waals surface area contributed by atoms with Gasteiger partial charge in [-0.3, -0.25) is 4.79 Å². The highest BCUT2D eigenvalue weighted by Crippen LogP contribution is 2.17. The van der Waals surface area contributed by atoms with Gasteiger partial charge in [-0.15, -0.1) is 0 Å². The highest BCUT2D eigenvalue weighted by Gasteiger charge is 2.19. The molecule has 2 atom stereocenters. The van der Waals surface area contributed by atoms with Crippen molar-refractivity contribution < 1.29 is 9.90 Å². The number of amides is 1. The van der Waals surface area contributed by atoms with E-state index in [2.05, 4.69) is 5.32 Å². The Kier molecular flexibility index (Phi) is 4.31. The Morgan fingerprint density at radius 3 is 2.05 bits per heavy atom. The molecule has 1 amide bonds. The van der Waals surface area contributed by atoms with Crippen LogP contribution in [-0.2, 0) is 0 Å². The van der Waals surface area contributed by atoms with Gasteiger partial charge in [0, 0.05) is 5.56 Å². The van der Waals surface area contributed by atoms with Crippen LogP contribution in [-0.4, -0.2) is 17.1 Å². The number of carbonyl (C=O) groups excluding carboxylic acids is 1. The second kappa shape index (κ2) is 6.16. The van der Waals surface area contributed by atoms with Gasteiger partial charge in [0.1, 0.15) is 0 Å². The fourth-order valence-electron chi connectivity index (χ4n) is 1.96. The molecule has 2 rings (SSSR count). The van der Waals surface area contributed by atoms with Crippen molar-refractivity contribution in [1.82, 2.24) is 5.32 Å². The molecule has 98 valence electrons. The molecule has 0 heterocycles. The fourth-order valence-corrected chi connectivity index (χ4v) is 1.96. The summed E-state index contributed by atoms with van der Waals surface area (Å²) in [7, 11) is 0. The first-order valence-electron chi connectivity index (χ1n) is 6.27. The largest absolute Gasteiger partial charge is 0.391 e. The lowest BCUT2D eigenvalue weighted by molar-refractivity contribution is 0.0858. The van der Waals surface area contributed by atoms with E-state index in [0.29, 0.717) is 5.56 Å². The summed E-state index contributed by atoms with van der Waals surface area (Å²) in [6, 6.07) is 18.0. The van der Waals surface area contributed by atoms with Crippen LogP contribution in [0.1, 0.15) is 28.9 Å². The van der Waals surface area contributed by atoms with Crippen LogP contribution in [0.25, 0.3) is 0 Å². The monoisotopic (exact) mass is 255 g/mol. The molecule has 0 bridgehead atoms. The lowest BCUT2D eigenvalue weighted by Crippen LogP contribution is -2.34. The highest BCUT2D eigenvalue weighted by atomic mass is 16.3. The average Bonchev–Trinajstić information content (AvgIpc) is 2.46. The van der Waals surface area contributed by atoms with Crippen LogP contribution < -0.4 is 5.32 Å². The van der Waals surface area contributed by atoms with Crippen molar-refractivity contribution in [3.05, 3.63) is 71.8 Å². The van der Waals surface area contributed by atoms with E-state index >= 15 is 0 Å². The molecule has 3 nitrogen and oxygen atoms in total. The molecule has 0 aliphatic rings. The Labute approximate surface area is 112 Å². The van der Waals surface area contributed by atoms with E-state index in [1.165, 1.54) is 0 Å². The molecule has 0 aliphatic carbocycles. The van der Waals surface area contributed by atoms with Crippen molar-refractivity contribution in [2.24, 2.45) is 0 Å². The molecule has 2 N–H and O–H groups in total. The van der Waals surface area contributed by atoms with E-state index in [9.17, 15) is 9.90 Å². The van der Waals surface area contributed by atoms with Crippen LogP contribution in [0, 0.1) is 0 Å². The zero-order chi connectivity index (χ0) is 13.7. The van der Waals surface area contributed by atoms with E-state index in [1.54, 1.807) is 19.1 Å². The quantitative estimate of drug-likeness (QED) is 0.882. The summed E-state index contributed by atoms with van der Waals surface area (Å²) in [6.45, 7) is 1.67. The minimum atomic E-state index is -0.657. The van der Waals surface area contributed by atoms with E-state index in [4.69, 9.17) is 0 Å². The molecule has 19 heavy (non-hydrogen) atoms. The molecule has 0 spiro atoms. The summed E-state index contributed by atoms with van der Waals surface area (Å²) in [5, 5.41) is 12.7. The second-order valence-electron chi connectivity index (χ2n) is 4.47. The van der Waals surface area contributed by atoms with Crippen LogP contribution in [0.3, 0.4) is 0 Å². The Hall–Kier alpha value is -2.13. The van der Waals surface area contributed by atoms with Crippen molar-refractivity contribution in [3.63, 3.8) is 0 Å². The summed E-state index contributed by atoms with van der Waals surface area (Å²) >= 11 is 0. The first kappa shape index (κ1) is 13.3. The van der Waals surface area contributed by atoms with Crippen molar-refractivity contribution in [2.45, 2.75) is 19.1 Å². The number of aliphatic hydroxyl groups is 1. The van der Waals surface area contributed by atoms with Crippen LogP contribution >= 0.6 is 0 Å². The molecule has 0 saturated carbocycles. The molecule has 2 aromatic rings. The number of aliphatic hydroxyl groups excluding tert-OH is 1. The van der Waals surface area contributed by atoms with Crippen molar-refractivity contribution >= 4 is 5.91 Å². The first-order valence-corrected chi connectivity index (χ1v) is 6.27. The standard InChI is InChI=1S/C16H17NO2/c1-12(18)15(13-8-4-2-5-9-13)17-16(19)14-10-6-3-7-11-14/h2-12,15,18H,1H3,(H,17,19)/t12-,15-/m1/s1. The summed E-state index contributed by atoms with van der Waals surface area (Å²) in [5.74, 6) is -0.185. The molecular weight excluding hydrogens is 238 g/mol. The Morgan fingerprint density at radius 1 is 1.00 bits per heavy atom. The van der Waals surface area contributed by atoms with E-state index in [0.717, 1.165) is 5.56 Å². The molecule has 0 fully saturated rings. The van der Waals surface area contributed by atoms with E-state index in [-0.39, 0.29) is 5.91 Å². The highest BCUT2D eigenvalue weighted by molar-refractivity contribution is 5.94. The third-order valence-electron chi connectivity index (χ3n) is 2.96. The minimum absolute atomic E-state index is 0.185. The van der Waals surface area contributed by atoms with Crippen LogP contribution in [0.15, 0.2) is 60.7 Å². The van der Waals surface area contributed by atoms with Gasteiger partial charge in [-0.25, -0.2) is 0 Å². The number of carbonyl (C=O) groups is 1. The van der Waals surface area contributed by atoms with Crippen LogP contribution in [0.2, 0.25) is 0 Å². The zero-order valence-corrected chi connectivity index (χ0v) is 10.8. The normalized spacial score (nSPS) is 13.6. The number of rotatable bonds is 4. The Balaban J connectivity index is 2.17. The van der Waals surface area contributed by atoms with Gasteiger partial charge in [0.15, 0.2) is 0 Å². The third-order valence-corrected chi connectivity index (χ3v) is 2.96. The molecular formula is C16H17NO2. The lowest BCUT2D eigenvalue weighted by Gasteiger charge is -2.22. The SMILES string of the molecule is C[C@@H](O)[C@@H](NC(=O)c1ccccc1)c1ccccc1. The number of benzene rings is 2. The number of nitrogens with one attached hydrogen (secondary N) is 1. The zero-order valence-electron chi connectivity index (χ0n) is 10.8. The number of hydrogen-bond acceptors (Lipinski definition) is 2. The van der Waals surface area contributed by atoms with Gasteiger partial charge in [0.25, 0.3) is 5.91 Å². The maximum absolute atomic E-state index is 12.1. The smallest absolute Gasteiger partial charge is 0.251 e. The van der Waals surface area contributed by atoms with Crippen LogP contribution in [0.5, 0.6) is 0 Å². The minimum Gasteiger partial charge on any atom is -0.391 e. The molecule has 2 aromatic carbocycles. The summed E-state index contributed by atoms with van der Waals surface area (Å²) in [5.41, 5.74) is 1.48. The average molecular weight is 255 g/mol. The fraction of sp³-hybridized carbons (Fsp3) is 0.188. The van der Waals surface area contributed by atoms with Gasteiger partial charge in [-0.05, 0) is 24.6 Å². The molecule has 0 aromatic heterocycles. The summed E-state index contributed by atoms with van der Waals surface area (Å²) < 4.78 is 0. The molecule has 0 saturated heterocycles. The molecule has 0 radical (unpaired) electrons. The molecule has 0 aliphatic heterocycles. The van der Waals surface area contributed by atoms with Crippen molar-refractivity contribution in [2.75, 3.05) is 0 Å². The number of hydrogen-bond donors (Lipinski definition) is 2. The van der Waals surface area contributed by atoms with Gasteiger partial charge >= 0.3 is 0 Å². The van der Waals surface area contributed by atoms with Gasteiger partial charge in [-0.2, -0.15) is 0 Å². The Bertz CT molecular complexity index is 523. The van der Waals surface area contributed by atoms with Crippen molar-refractivity contribution in [1.29, 1.82) is 0 Å². The molecule has 3 heteroatoms. The van der Waals surface area contributed by atoms with Gasteiger partial charge in [0.05, 0.1) is 12.1 Å².